The number of rotatable bonds is 1. The molecule has 0 amide bonds. The Kier molecular flexibility index (Phi) is 6.07. The Morgan fingerprint density at radius 2 is 1.61 bits per heavy atom. The zero-order valence-corrected chi connectivity index (χ0v) is 10.4. The predicted octanol–water partition coefficient (Wildman–Crippen LogP) is 0.00790. The van der Waals surface area contributed by atoms with E-state index >= 15 is 0 Å². The van der Waals surface area contributed by atoms with Crippen LogP contribution >= 0.6 is 0 Å². The zero-order valence-electron chi connectivity index (χ0n) is 10.4. The molecule has 2 aliphatic rings. The van der Waals surface area contributed by atoms with Crippen molar-refractivity contribution in [3.8, 4) is 0 Å². The number of hydrogen-bond acceptors (Lipinski definition) is 6. The molecule has 1 saturated carbocycles. The molecule has 1 aliphatic carbocycles. The van der Waals surface area contributed by atoms with Crippen molar-refractivity contribution < 1.29 is 29.3 Å². The smallest absolute Gasteiger partial charge is 0.312 e. The molecular weight excluding hydrogens is 240 g/mol. The normalized spacial score (nSPS) is 22.3. The van der Waals surface area contributed by atoms with Crippen LogP contribution in [-0.4, -0.2) is 48.6 Å². The summed E-state index contributed by atoms with van der Waals surface area (Å²) in [5.41, 5.74) is -0.238. The molecule has 6 heteroatoms. The quantitative estimate of drug-likeness (QED) is 0.645. The van der Waals surface area contributed by atoms with Gasteiger partial charge in [-0.25, -0.2) is 0 Å². The van der Waals surface area contributed by atoms with E-state index in [1.165, 1.54) is 0 Å². The molecule has 18 heavy (non-hydrogen) atoms. The number of carbonyl (C=O) groups excluding carboxylic acids is 2. The fourth-order valence-corrected chi connectivity index (χ4v) is 1.79. The summed E-state index contributed by atoms with van der Waals surface area (Å²) >= 11 is 0. The van der Waals surface area contributed by atoms with Crippen LogP contribution in [0.1, 0.15) is 32.1 Å². The van der Waals surface area contributed by atoms with E-state index in [-0.39, 0.29) is 43.8 Å². The summed E-state index contributed by atoms with van der Waals surface area (Å²) in [6.45, 7) is 0.146. The van der Waals surface area contributed by atoms with Crippen LogP contribution in [0.3, 0.4) is 0 Å². The lowest BCUT2D eigenvalue weighted by Crippen LogP contribution is -2.23. The Morgan fingerprint density at radius 1 is 1.00 bits per heavy atom. The van der Waals surface area contributed by atoms with E-state index in [4.69, 9.17) is 19.7 Å². The molecule has 1 heterocycles. The molecule has 0 aromatic carbocycles. The largest absolute Gasteiger partial charge is 0.462 e. The van der Waals surface area contributed by atoms with Gasteiger partial charge in [0.25, 0.3) is 0 Å². The molecule has 0 bridgehead atoms. The summed E-state index contributed by atoms with van der Waals surface area (Å²) < 4.78 is 9.87. The van der Waals surface area contributed by atoms with E-state index in [2.05, 4.69) is 0 Å². The molecule has 2 rings (SSSR count). The van der Waals surface area contributed by atoms with Gasteiger partial charge in [-0.1, -0.05) is 0 Å². The summed E-state index contributed by atoms with van der Waals surface area (Å²) in [4.78, 5) is 22.6. The second kappa shape index (κ2) is 7.33. The van der Waals surface area contributed by atoms with Gasteiger partial charge in [0.05, 0.1) is 18.6 Å². The molecule has 0 aromatic heterocycles. The molecule has 0 radical (unpaired) electrons. The highest BCUT2D eigenvalue weighted by atomic mass is 16.6. The SMILES string of the molecule is O=C1CCCC2(CC2)C(=O)OCCO1.OCCO. The number of hydrogen-bond donors (Lipinski definition) is 2. The topological polar surface area (TPSA) is 93.1 Å². The van der Waals surface area contributed by atoms with Gasteiger partial charge in [0, 0.05) is 6.42 Å². The van der Waals surface area contributed by atoms with E-state index < -0.39 is 0 Å². The molecule has 6 nitrogen and oxygen atoms in total. The van der Waals surface area contributed by atoms with Crippen molar-refractivity contribution in [2.75, 3.05) is 26.4 Å². The molecule has 1 saturated heterocycles. The maximum atomic E-state index is 11.5. The van der Waals surface area contributed by atoms with Crippen molar-refractivity contribution in [2.45, 2.75) is 32.1 Å². The van der Waals surface area contributed by atoms with Gasteiger partial charge in [-0.05, 0) is 25.7 Å². The second-order valence-electron chi connectivity index (χ2n) is 4.44. The van der Waals surface area contributed by atoms with Crippen molar-refractivity contribution in [3.05, 3.63) is 0 Å². The molecule has 0 aromatic rings. The maximum Gasteiger partial charge on any atom is 0.312 e. The average molecular weight is 260 g/mol. The van der Waals surface area contributed by atoms with E-state index in [1.807, 2.05) is 0 Å². The number of ether oxygens (including phenoxy) is 2. The van der Waals surface area contributed by atoms with Gasteiger partial charge in [-0.3, -0.25) is 9.59 Å². The van der Waals surface area contributed by atoms with E-state index in [0.717, 1.165) is 25.7 Å². The molecule has 0 unspecified atom stereocenters. The third-order valence-corrected chi connectivity index (χ3v) is 3.00. The number of esters is 2. The van der Waals surface area contributed by atoms with Crippen LogP contribution in [0, 0.1) is 5.41 Å². The van der Waals surface area contributed by atoms with Gasteiger partial charge >= 0.3 is 11.9 Å². The molecule has 1 aliphatic heterocycles. The summed E-state index contributed by atoms with van der Waals surface area (Å²) in [5, 5.41) is 15.2. The van der Waals surface area contributed by atoms with E-state index in [0.29, 0.717) is 6.42 Å². The lowest BCUT2D eigenvalue weighted by molar-refractivity contribution is -0.158. The third kappa shape index (κ3) is 4.62. The highest BCUT2D eigenvalue weighted by Crippen LogP contribution is 2.51. The Morgan fingerprint density at radius 3 is 2.17 bits per heavy atom. The van der Waals surface area contributed by atoms with Crippen LogP contribution in [0.25, 0.3) is 0 Å². The Bertz CT molecular complexity index is 282. The third-order valence-electron chi connectivity index (χ3n) is 3.00. The number of aliphatic hydroxyl groups excluding tert-OH is 2. The second-order valence-corrected chi connectivity index (χ2v) is 4.44. The summed E-state index contributed by atoms with van der Waals surface area (Å²) in [5.74, 6) is -0.283. The molecule has 1 spiro atoms. The highest BCUT2D eigenvalue weighted by molar-refractivity contribution is 5.80. The Hall–Kier alpha value is -1.14. The van der Waals surface area contributed by atoms with Crippen molar-refractivity contribution in [1.29, 1.82) is 0 Å². The number of cyclic esters (lactones) is 2. The molecule has 0 atom stereocenters. The van der Waals surface area contributed by atoms with Crippen molar-refractivity contribution in [3.63, 3.8) is 0 Å². The van der Waals surface area contributed by atoms with Gasteiger partial charge in [0.1, 0.15) is 13.2 Å². The van der Waals surface area contributed by atoms with Crippen LogP contribution in [0.15, 0.2) is 0 Å². The maximum absolute atomic E-state index is 11.5. The highest BCUT2D eigenvalue weighted by Gasteiger charge is 2.50. The average Bonchev–Trinajstić information content (AvgIpc) is 3.15. The Balaban J connectivity index is 0.000000357. The minimum atomic E-state index is -0.238. The minimum Gasteiger partial charge on any atom is -0.462 e. The van der Waals surface area contributed by atoms with E-state index in [1.54, 1.807) is 0 Å². The first-order valence-corrected chi connectivity index (χ1v) is 6.19. The first-order valence-electron chi connectivity index (χ1n) is 6.19. The van der Waals surface area contributed by atoms with Crippen LogP contribution in [-0.2, 0) is 19.1 Å². The van der Waals surface area contributed by atoms with Gasteiger partial charge in [0.15, 0.2) is 0 Å². The van der Waals surface area contributed by atoms with Crippen LogP contribution < -0.4 is 0 Å². The fourth-order valence-electron chi connectivity index (χ4n) is 1.79. The summed E-state index contributed by atoms with van der Waals surface area (Å²) in [6, 6.07) is 0. The lowest BCUT2D eigenvalue weighted by atomic mass is 9.99. The molecule has 2 fully saturated rings. The van der Waals surface area contributed by atoms with Crippen LogP contribution in [0.2, 0.25) is 0 Å². The Labute approximate surface area is 106 Å². The van der Waals surface area contributed by atoms with Crippen LogP contribution in [0.5, 0.6) is 0 Å². The van der Waals surface area contributed by atoms with Crippen molar-refractivity contribution >= 4 is 11.9 Å². The monoisotopic (exact) mass is 260 g/mol. The van der Waals surface area contributed by atoms with Gasteiger partial charge in [-0.15, -0.1) is 0 Å². The minimum absolute atomic E-state index is 0.101. The predicted molar refractivity (Wildman–Crippen MR) is 61.6 cm³/mol. The van der Waals surface area contributed by atoms with Gasteiger partial charge in [-0.2, -0.15) is 0 Å². The summed E-state index contributed by atoms with van der Waals surface area (Å²) in [6.07, 6.45) is 3.76. The van der Waals surface area contributed by atoms with Gasteiger partial charge < -0.3 is 19.7 Å². The fraction of sp³-hybridized carbons (Fsp3) is 0.833. The first kappa shape index (κ1) is 14.9. The summed E-state index contributed by atoms with van der Waals surface area (Å²) in [7, 11) is 0. The number of carbonyl (C=O) groups is 2. The van der Waals surface area contributed by atoms with Crippen molar-refractivity contribution in [2.24, 2.45) is 5.41 Å². The molecular formula is C12H20O6. The zero-order chi connectivity index (χ0) is 13.4. The molecule has 2 N–H and O–H groups in total. The lowest BCUT2D eigenvalue weighted by Gasteiger charge is -2.16. The van der Waals surface area contributed by atoms with Gasteiger partial charge in [0.2, 0.25) is 0 Å². The number of aliphatic hydroxyl groups is 2. The first-order chi connectivity index (χ1) is 8.64. The standard InChI is InChI=1S/C10H14O4.C2H6O2/c11-8-2-1-3-10(4-5-10)9(12)14-7-6-13-8;3-1-2-4/h1-7H2;3-4H,1-2H2. The van der Waals surface area contributed by atoms with E-state index in [9.17, 15) is 9.59 Å². The van der Waals surface area contributed by atoms with Crippen molar-refractivity contribution in [1.82, 2.24) is 0 Å². The molecule has 104 valence electrons. The van der Waals surface area contributed by atoms with Crippen LogP contribution in [0.4, 0.5) is 0 Å².